The first kappa shape index (κ1) is 11.3. The molecule has 14 heavy (non-hydrogen) atoms. The lowest BCUT2D eigenvalue weighted by molar-refractivity contribution is 0.609. The van der Waals surface area contributed by atoms with E-state index in [1.165, 1.54) is 19.2 Å². The molecule has 76 valence electrons. The molecule has 0 N–H and O–H groups in total. The summed E-state index contributed by atoms with van der Waals surface area (Å²) in [5.74, 6) is 0.291. The van der Waals surface area contributed by atoms with Crippen molar-refractivity contribution in [3.05, 3.63) is 35.6 Å². The summed E-state index contributed by atoms with van der Waals surface area (Å²) in [6, 6.07) is 7.10. The van der Waals surface area contributed by atoms with Crippen molar-refractivity contribution in [1.82, 2.24) is 0 Å². The Kier molecular flexibility index (Phi) is 4.71. The molecular weight excluding hydrogens is 174 g/mol. The van der Waals surface area contributed by atoms with Gasteiger partial charge in [0.25, 0.3) is 0 Å². The molecule has 0 fully saturated rings. The molecule has 2 heteroatoms. The van der Waals surface area contributed by atoms with Gasteiger partial charge in [-0.1, -0.05) is 51.2 Å². The zero-order valence-electron chi connectivity index (χ0n) is 9.09. The minimum absolute atomic E-state index is 0.0588. The maximum atomic E-state index is 13.3. The molecule has 0 aliphatic rings. The van der Waals surface area contributed by atoms with Crippen molar-refractivity contribution in [2.45, 2.75) is 38.8 Å². The molecule has 0 aliphatic heterocycles. The van der Waals surface area contributed by atoms with Gasteiger partial charge in [-0.2, -0.15) is 0 Å². The Morgan fingerprint density at radius 1 is 1.36 bits per heavy atom. The Hall–Kier alpha value is -0.785. The van der Waals surface area contributed by atoms with E-state index >= 15 is 0 Å². The molecule has 0 nitrogen and oxygen atoms in total. The van der Waals surface area contributed by atoms with Crippen molar-refractivity contribution in [1.29, 1.82) is 0 Å². The van der Waals surface area contributed by atoms with E-state index in [-0.39, 0.29) is 5.82 Å². The smallest absolute Gasteiger partial charge is 0.129 e. The van der Waals surface area contributed by atoms with Crippen LogP contribution >= 0.6 is 0 Å². The Morgan fingerprint density at radius 2 is 2.07 bits per heavy atom. The molecule has 0 saturated carbocycles. The first-order chi connectivity index (χ1) is 6.75. The number of rotatable bonds is 5. The van der Waals surface area contributed by atoms with Crippen LogP contribution in [0.1, 0.15) is 38.1 Å². The third-order valence-electron chi connectivity index (χ3n) is 2.68. The zero-order valence-corrected chi connectivity index (χ0v) is 9.09. The summed E-state index contributed by atoms with van der Waals surface area (Å²) in [4.78, 5) is 0. The van der Waals surface area contributed by atoms with Crippen molar-refractivity contribution >= 4 is 7.28 Å². The van der Waals surface area contributed by atoms with Crippen molar-refractivity contribution in [2.75, 3.05) is 0 Å². The number of unbranched alkanes of at least 4 members (excludes halogenated alkanes) is 1. The van der Waals surface area contributed by atoms with Crippen LogP contribution < -0.4 is 0 Å². The van der Waals surface area contributed by atoms with Gasteiger partial charge in [0.05, 0.1) is 0 Å². The average Bonchev–Trinajstić information content (AvgIpc) is 2.18. The summed E-state index contributed by atoms with van der Waals surface area (Å²) < 4.78 is 13.3. The van der Waals surface area contributed by atoms with Crippen LogP contribution in [0.4, 0.5) is 4.39 Å². The van der Waals surface area contributed by atoms with Crippen LogP contribution in [0.5, 0.6) is 0 Å². The van der Waals surface area contributed by atoms with E-state index in [0.29, 0.717) is 5.82 Å². The van der Waals surface area contributed by atoms with E-state index in [0.717, 1.165) is 12.8 Å². The first-order valence-corrected chi connectivity index (χ1v) is 5.50. The van der Waals surface area contributed by atoms with Gasteiger partial charge >= 0.3 is 0 Å². The normalized spacial score (nSPS) is 12.5. The van der Waals surface area contributed by atoms with Crippen molar-refractivity contribution in [2.24, 2.45) is 0 Å². The second-order valence-corrected chi connectivity index (χ2v) is 3.92. The fraction of sp³-hybridized carbons (Fsp3) is 0.500. The largest absolute Gasteiger partial charge is 0.207 e. The van der Waals surface area contributed by atoms with Crippen LogP contribution in [0.15, 0.2) is 24.3 Å². The minimum Gasteiger partial charge on any atom is -0.207 e. The highest BCUT2D eigenvalue weighted by Crippen LogP contribution is 2.18. The van der Waals surface area contributed by atoms with E-state index in [2.05, 4.69) is 13.8 Å². The lowest BCUT2D eigenvalue weighted by Crippen LogP contribution is -2.05. The fourth-order valence-corrected chi connectivity index (χ4v) is 1.73. The van der Waals surface area contributed by atoms with Gasteiger partial charge in [0.1, 0.15) is 13.1 Å². The maximum absolute atomic E-state index is 13.3. The molecule has 0 saturated heterocycles. The standard InChI is InChI=1S/C12H18BF/c1-3-4-9-13-10(2)11-7-5-6-8-12(11)14/h5-8,10,13H,3-4,9H2,1-2H3. The predicted molar refractivity (Wildman–Crippen MR) is 61.7 cm³/mol. The van der Waals surface area contributed by atoms with E-state index in [4.69, 9.17) is 0 Å². The van der Waals surface area contributed by atoms with Crippen molar-refractivity contribution in [3.8, 4) is 0 Å². The highest BCUT2D eigenvalue weighted by molar-refractivity contribution is 6.37. The molecule has 1 rings (SSSR count). The van der Waals surface area contributed by atoms with Gasteiger partial charge < -0.3 is 0 Å². The zero-order chi connectivity index (χ0) is 10.4. The van der Waals surface area contributed by atoms with E-state index < -0.39 is 0 Å². The quantitative estimate of drug-likeness (QED) is 0.494. The summed E-state index contributed by atoms with van der Waals surface area (Å²) in [5, 5.41) is 0. The minimum atomic E-state index is -0.0588. The Labute approximate surface area is 86.8 Å². The maximum Gasteiger partial charge on any atom is 0.129 e. The highest BCUT2D eigenvalue weighted by Gasteiger charge is 2.10. The molecule has 0 spiro atoms. The summed E-state index contributed by atoms with van der Waals surface area (Å²) >= 11 is 0. The third kappa shape index (κ3) is 3.17. The second kappa shape index (κ2) is 5.84. The molecule has 0 aromatic heterocycles. The van der Waals surface area contributed by atoms with Crippen LogP contribution in [0, 0.1) is 5.82 Å². The van der Waals surface area contributed by atoms with E-state index in [9.17, 15) is 4.39 Å². The average molecular weight is 192 g/mol. The van der Waals surface area contributed by atoms with Crippen LogP contribution in [0.25, 0.3) is 0 Å². The van der Waals surface area contributed by atoms with Gasteiger partial charge in [0.15, 0.2) is 0 Å². The molecule has 0 radical (unpaired) electrons. The molecule has 0 amide bonds. The Balaban J connectivity index is 2.51. The molecule has 0 heterocycles. The molecule has 1 unspecified atom stereocenters. The molecule has 1 atom stereocenters. The monoisotopic (exact) mass is 192 g/mol. The molecular formula is C12H18BF. The van der Waals surface area contributed by atoms with Crippen LogP contribution in [0.2, 0.25) is 6.32 Å². The van der Waals surface area contributed by atoms with E-state index in [1.54, 1.807) is 12.1 Å². The third-order valence-corrected chi connectivity index (χ3v) is 2.68. The lowest BCUT2D eigenvalue weighted by atomic mass is 9.59. The summed E-state index contributed by atoms with van der Waals surface area (Å²) in [6.45, 7) is 4.29. The summed E-state index contributed by atoms with van der Waals surface area (Å²) in [5.41, 5.74) is 0.864. The first-order valence-electron chi connectivity index (χ1n) is 5.50. The number of benzene rings is 1. The van der Waals surface area contributed by atoms with Gasteiger partial charge in [-0.05, 0) is 17.4 Å². The summed E-state index contributed by atoms with van der Waals surface area (Å²) in [6.07, 6.45) is 3.68. The van der Waals surface area contributed by atoms with Gasteiger partial charge in [0.2, 0.25) is 0 Å². The SMILES string of the molecule is CCCCBC(C)c1ccccc1F. The molecule has 0 bridgehead atoms. The van der Waals surface area contributed by atoms with Crippen molar-refractivity contribution < 1.29 is 4.39 Å². The van der Waals surface area contributed by atoms with Crippen LogP contribution in [0.3, 0.4) is 0 Å². The van der Waals surface area contributed by atoms with Crippen molar-refractivity contribution in [3.63, 3.8) is 0 Å². The van der Waals surface area contributed by atoms with Crippen LogP contribution in [-0.4, -0.2) is 7.28 Å². The Morgan fingerprint density at radius 3 is 2.71 bits per heavy atom. The Bertz CT molecular complexity index is 273. The second-order valence-electron chi connectivity index (χ2n) is 3.92. The number of hydrogen-bond donors (Lipinski definition) is 0. The highest BCUT2D eigenvalue weighted by atomic mass is 19.1. The topological polar surface area (TPSA) is 0 Å². The molecule has 0 aliphatic carbocycles. The van der Waals surface area contributed by atoms with Crippen LogP contribution in [-0.2, 0) is 0 Å². The fourth-order valence-electron chi connectivity index (χ4n) is 1.73. The number of hydrogen-bond acceptors (Lipinski definition) is 0. The van der Waals surface area contributed by atoms with Gasteiger partial charge in [0, 0.05) is 0 Å². The molecule has 1 aromatic carbocycles. The summed E-state index contributed by atoms with van der Waals surface area (Å²) in [7, 11) is 1.09. The van der Waals surface area contributed by atoms with Gasteiger partial charge in [-0.3, -0.25) is 0 Å². The van der Waals surface area contributed by atoms with Gasteiger partial charge in [-0.25, -0.2) is 4.39 Å². The van der Waals surface area contributed by atoms with Gasteiger partial charge in [-0.15, -0.1) is 0 Å². The lowest BCUT2D eigenvalue weighted by Gasteiger charge is -2.10. The molecule has 1 aromatic rings. The predicted octanol–water partition coefficient (Wildman–Crippen LogP) is 3.54. The number of halogens is 1. The van der Waals surface area contributed by atoms with E-state index in [1.807, 2.05) is 12.1 Å².